The summed E-state index contributed by atoms with van der Waals surface area (Å²) in [5.41, 5.74) is 2.06. The van der Waals surface area contributed by atoms with Gasteiger partial charge in [0.05, 0.1) is 7.11 Å². The monoisotopic (exact) mass is 343 g/mol. The molecular formula is C19H21NO5. The van der Waals surface area contributed by atoms with Crippen molar-refractivity contribution in [1.29, 1.82) is 0 Å². The normalized spacial score (nSPS) is 11.5. The lowest BCUT2D eigenvalue weighted by Crippen LogP contribution is -2.35. The minimum absolute atomic E-state index is 0.0287. The molecule has 6 nitrogen and oxygen atoms in total. The van der Waals surface area contributed by atoms with Gasteiger partial charge in [-0.05, 0) is 31.5 Å². The maximum Gasteiger partial charge on any atom is 0.342 e. The number of carbonyl (C=O) groups is 2. The number of hydrogen-bond acceptors (Lipinski definition) is 5. The summed E-state index contributed by atoms with van der Waals surface area (Å²) in [7, 11) is 1.45. The van der Waals surface area contributed by atoms with Crippen LogP contribution in [0, 0.1) is 6.92 Å². The third kappa shape index (κ3) is 4.97. The molecule has 2 aromatic carbocycles. The zero-order valence-electron chi connectivity index (χ0n) is 14.4. The van der Waals surface area contributed by atoms with Gasteiger partial charge in [-0.1, -0.05) is 29.8 Å². The van der Waals surface area contributed by atoms with Crippen LogP contribution in [-0.4, -0.2) is 30.2 Å². The van der Waals surface area contributed by atoms with Crippen LogP contribution in [0.15, 0.2) is 42.5 Å². The van der Waals surface area contributed by atoms with Gasteiger partial charge >= 0.3 is 5.97 Å². The van der Waals surface area contributed by atoms with Crippen molar-refractivity contribution in [1.82, 2.24) is 5.32 Å². The van der Waals surface area contributed by atoms with Crippen molar-refractivity contribution >= 4 is 11.9 Å². The van der Waals surface area contributed by atoms with Crippen LogP contribution in [0.2, 0.25) is 0 Å². The standard InChI is InChI=1S/C19H21NO5/c1-12-4-6-14(7-5-12)11-20-18(22)13(2)25-19(23)16-9-8-15(24-3)10-17(16)21/h4-10,13,21H,11H2,1-3H3,(H,20,22)/t13-/m1/s1. The highest BCUT2D eigenvalue weighted by atomic mass is 16.5. The first-order chi connectivity index (χ1) is 11.9. The van der Waals surface area contributed by atoms with E-state index in [1.807, 2.05) is 31.2 Å². The molecule has 6 heteroatoms. The summed E-state index contributed by atoms with van der Waals surface area (Å²) in [6, 6.07) is 12.0. The molecule has 0 bridgehead atoms. The molecular weight excluding hydrogens is 322 g/mol. The molecule has 0 unspecified atom stereocenters. The van der Waals surface area contributed by atoms with E-state index >= 15 is 0 Å². The highest BCUT2D eigenvalue weighted by Crippen LogP contribution is 2.24. The van der Waals surface area contributed by atoms with Gasteiger partial charge in [0.2, 0.25) is 0 Å². The van der Waals surface area contributed by atoms with Gasteiger partial charge in [-0.3, -0.25) is 4.79 Å². The van der Waals surface area contributed by atoms with E-state index in [0.29, 0.717) is 12.3 Å². The number of nitrogens with one attached hydrogen (secondary N) is 1. The van der Waals surface area contributed by atoms with Crippen molar-refractivity contribution in [2.75, 3.05) is 7.11 Å². The van der Waals surface area contributed by atoms with Crippen LogP contribution in [-0.2, 0) is 16.1 Å². The molecule has 0 spiro atoms. The molecule has 2 aromatic rings. The van der Waals surface area contributed by atoms with Crippen LogP contribution >= 0.6 is 0 Å². The summed E-state index contributed by atoms with van der Waals surface area (Å²) in [5, 5.41) is 12.5. The zero-order valence-corrected chi connectivity index (χ0v) is 14.4. The summed E-state index contributed by atoms with van der Waals surface area (Å²) in [5.74, 6) is -1.05. The van der Waals surface area contributed by atoms with E-state index in [9.17, 15) is 14.7 Å². The van der Waals surface area contributed by atoms with Crippen LogP contribution in [0.25, 0.3) is 0 Å². The van der Waals surface area contributed by atoms with E-state index in [1.165, 1.54) is 32.2 Å². The lowest BCUT2D eigenvalue weighted by molar-refractivity contribution is -0.129. The van der Waals surface area contributed by atoms with Gasteiger partial charge < -0.3 is 19.9 Å². The Kier molecular flexibility index (Phi) is 6.00. The van der Waals surface area contributed by atoms with Gasteiger partial charge in [0.15, 0.2) is 6.10 Å². The minimum Gasteiger partial charge on any atom is -0.507 e. The number of benzene rings is 2. The minimum atomic E-state index is -0.987. The van der Waals surface area contributed by atoms with Gasteiger partial charge in [-0.2, -0.15) is 0 Å². The maximum atomic E-state index is 12.1. The SMILES string of the molecule is COc1ccc(C(=O)O[C@H](C)C(=O)NCc2ccc(C)cc2)c(O)c1. The quantitative estimate of drug-likeness (QED) is 0.788. The number of methoxy groups -OCH3 is 1. The van der Waals surface area contributed by atoms with Crippen molar-refractivity contribution < 1.29 is 24.2 Å². The Labute approximate surface area is 146 Å². The number of phenolic OH excluding ortho intramolecular Hbond substituents is 1. The molecule has 0 radical (unpaired) electrons. The predicted molar refractivity (Wildman–Crippen MR) is 92.6 cm³/mol. The Hall–Kier alpha value is -3.02. The van der Waals surface area contributed by atoms with Gasteiger partial charge in [-0.25, -0.2) is 4.79 Å². The average Bonchev–Trinajstić information content (AvgIpc) is 2.60. The first-order valence-corrected chi connectivity index (χ1v) is 7.82. The van der Waals surface area contributed by atoms with Crippen molar-refractivity contribution in [3.8, 4) is 11.5 Å². The molecule has 0 aliphatic rings. The van der Waals surface area contributed by atoms with Crippen LogP contribution in [0.1, 0.15) is 28.4 Å². The molecule has 0 aliphatic carbocycles. The summed E-state index contributed by atoms with van der Waals surface area (Å²) >= 11 is 0. The Balaban J connectivity index is 1.91. The molecule has 132 valence electrons. The van der Waals surface area contributed by atoms with Crippen LogP contribution in [0.5, 0.6) is 11.5 Å². The third-order valence-corrected chi connectivity index (χ3v) is 3.67. The molecule has 0 heterocycles. The highest BCUT2D eigenvalue weighted by molar-refractivity contribution is 5.94. The highest BCUT2D eigenvalue weighted by Gasteiger charge is 2.21. The maximum absolute atomic E-state index is 12.1. The molecule has 1 amide bonds. The number of amides is 1. The van der Waals surface area contributed by atoms with Gasteiger partial charge in [0, 0.05) is 12.6 Å². The van der Waals surface area contributed by atoms with Crippen molar-refractivity contribution in [3.05, 3.63) is 59.2 Å². The van der Waals surface area contributed by atoms with Crippen molar-refractivity contribution in [2.24, 2.45) is 0 Å². The Morgan fingerprint density at radius 1 is 1.16 bits per heavy atom. The molecule has 2 rings (SSSR count). The van der Waals surface area contributed by atoms with E-state index < -0.39 is 18.0 Å². The molecule has 0 aromatic heterocycles. The van der Waals surface area contributed by atoms with E-state index in [4.69, 9.17) is 9.47 Å². The van der Waals surface area contributed by atoms with E-state index in [0.717, 1.165) is 11.1 Å². The average molecular weight is 343 g/mol. The lowest BCUT2D eigenvalue weighted by atomic mass is 10.1. The fourth-order valence-corrected chi connectivity index (χ4v) is 2.13. The first kappa shape index (κ1) is 18.3. The molecule has 1 atom stereocenters. The molecule has 0 aliphatic heterocycles. The fraction of sp³-hybridized carbons (Fsp3) is 0.263. The number of aromatic hydroxyl groups is 1. The van der Waals surface area contributed by atoms with Crippen LogP contribution in [0.3, 0.4) is 0 Å². The third-order valence-electron chi connectivity index (χ3n) is 3.67. The van der Waals surface area contributed by atoms with Gasteiger partial charge in [0.25, 0.3) is 5.91 Å². The van der Waals surface area contributed by atoms with Gasteiger partial charge in [0.1, 0.15) is 17.1 Å². The van der Waals surface area contributed by atoms with Crippen molar-refractivity contribution in [2.45, 2.75) is 26.5 Å². The predicted octanol–water partition coefficient (Wildman–Crippen LogP) is 2.57. The van der Waals surface area contributed by atoms with Gasteiger partial charge in [-0.15, -0.1) is 0 Å². The summed E-state index contributed by atoms with van der Waals surface area (Å²) < 4.78 is 10.1. The number of ether oxygens (including phenoxy) is 2. The summed E-state index contributed by atoms with van der Waals surface area (Å²) in [6.07, 6.45) is -0.987. The first-order valence-electron chi connectivity index (χ1n) is 7.82. The second-order valence-corrected chi connectivity index (χ2v) is 5.63. The number of phenols is 1. The second kappa shape index (κ2) is 8.19. The lowest BCUT2D eigenvalue weighted by Gasteiger charge is -2.14. The summed E-state index contributed by atoms with van der Waals surface area (Å²) in [6.45, 7) is 3.80. The Bertz CT molecular complexity index is 755. The van der Waals surface area contributed by atoms with E-state index in [1.54, 1.807) is 0 Å². The second-order valence-electron chi connectivity index (χ2n) is 5.63. The van der Waals surface area contributed by atoms with Crippen LogP contribution in [0.4, 0.5) is 0 Å². The van der Waals surface area contributed by atoms with E-state index in [2.05, 4.69) is 5.32 Å². The van der Waals surface area contributed by atoms with E-state index in [-0.39, 0.29) is 11.3 Å². The Morgan fingerprint density at radius 3 is 2.44 bits per heavy atom. The smallest absolute Gasteiger partial charge is 0.342 e. The fourth-order valence-electron chi connectivity index (χ4n) is 2.13. The molecule has 0 saturated heterocycles. The number of carbonyl (C=O) groups excluding carboxylic acids is 2. The van der Waals surface area contributed by atoms with Crippen molar-refractivity contribution in [3.63, 3.8) is 0 Å². The molecule has 0 saturated carbocycles. The topological polar surface area (TPSA) is 84.9 Å². The zero-order chi connectivity index (χ0) is 18.4. The van der Waals surface area contributed by atoms with Crippen LogP contribution < -0.4 is 10.1 Å². The largest absolute Gasteiger partial charge is 0.507 e. The molecule has 0 fully saturated rings. The molecule has 2 N–H and O–H groups in total. The summed E-state index contributed by atoms with van der Waals surface area (Å²) in [4.78, 5) is 24.2. The number of esters is 1. The Morgan fingerprint density at radius 2 is 1.84 bits per heavy atom. The number of hydrogen-bond donors (Lipinski definition) is 2. The number of aryl methyl sites for hydroxylation is 1. The molecule has 25 heavy (non-hydrogen) atoms. The number of rotatable bonds is 6.